The van der Waals surface area contributed by atoms with Crippen molar-refractivity contribution >= 4 is 11.7 Å². The summed E-state index contributed by atoms with van der Waals surface area (Å²) in [5.41, 5.74) is 0. The summed E-state index contributed by atoms with van der Waals surface area (Å²) in [6.45, 7) is 2.06. The van der Waals surface area contributed by atoms with E-state index in [0.29, 0.717) is 12.5 Å². The van der Waals surface area contributed by atoms with Crippen molar-refractivity contribution in [2.75, 3.05) is 4.90 Å². The molecule has 1 aromatic rings. The number of nitrogens with zero attached hydrogens (tertiary/aromatic N) is 2. The third-order valence-corrected chi connectivity index (χ3v) is 2.38. The summed E-state index contributed by atoms with van der Waals surface area (Å²) in [4.78, 5) is 17.4. The molecule has 2 heterocycles. The van der Waals surface area contributed by atoms with Crippen LogP contribution in [0.3, 0.4) is 0 Å². The molecular weight excluding hydrogens is 164 g/mol. The molecule has 1 fully saturated rings. The van der Waals surface area contributed by atoms with Crippen molar-refractivity contribution in [3.05, 3.63) is 24.4 Å². The number of carbonyl (C=O) groups excluding carboxylic acids is 1. The van der Waals surface area contributed by atoms with Gasteiger partial charge in [0.25, 0.3) is 0 Å². The lowest BCUT2D eigenvalue weighted by Gasteiger charge is -2.19. The van der Waals surface area contributed by atoms with Gasteiger partial charge < -0.3 is 0 Å². The second kappa shape index (κ2) is 3.17. The topological polar surface area (TPSA) is 33.2 Å². The van der Waals surface area contributed by atoms with E-state index in [-0.39, 0.29) is 5.91 Å². The van der Waals surface area contributed by atoms with Gasteiger partial charge in [-0.3, -0.25) is 9.69 Å². The fourth-order valence-corrected chi connectivity index (χ4v) is 1.68. The molecule has 3 nitrogen and oxygen atoms in total. The molecule has 0 N–H and O–H groups in total. The Morgan fingerprint density at radius 2 is 2.38 bits per heavy atom. The number of rotatable bonds is 1. The van der Waals surface area contributed by atoms with Gasteiger partial charge in [0.15, 0.2) is 0 Å². The molecule has 13 heavy (non-hydrogen) atoms. The Balaban J connectivity index is 2.30. The highest BCUT2D eigenvalue weighted by atomic mass is 16.2. The first-order valence-electron chi connectivity index (χ1n) is 4.52. The zero-order valence-electron chi connectivity index (χ0n) is 7.60. The van der Waals surface area contributed by atoms with E-state index in [1.165, 1.54) is 0 Å². The van der Waals surface area contributed by atoms with E-state index in [9.17, 15) is 4.79 Å². The first-order chi connectivity index (χ1) is 6.29. The molecule has 1 aliphatic rings. The molecule has 68 valence electrons. The van der Waals surface area contributed by atoms with Crippen LogP contribution in [-0.4, -0.2) is 16.9 Å². The van der Waals surface area contributed by atoms with Gasteiger partial charge in [0.2, 0.25) is 5.91 Å². The van der Waals surface area contributed by atoms with Crippen LogP contribution in [-0.2, 0) is 4.79 Å². The van der Waals surface area contributed by atoms with Gasteiger partial charge in [0.1, 0.15) is 5.82 Å². The van der Waals surface area contributed by atoms with Crippen molar-refractivity contribution in [2.45, 2.75) is 25.8 Å². The predicted molar refractivity (Wildman–Crippen MR) is 50.4 cm³/mol. The van der Waals surface area contributed by atoms with Gasteiger partial charge in [-0.15, -0.1) is 0 Å². The lowest BCUT2D eigenvalue weighted by atomic mass is 10.2. The molecular formula is C10H12N2O. The highest BCUT2D eigenvalue weighted by Crippen LogP contribution is 2.23. The Morgan fingerprint density at radius 3 is 2.92 bits per heavy atom. The van der Waals surface area contributed by atoms with Gasteiger partial charge in [-0.25, -0.2) is 4.98 Å². The summed E-state index contributed by atoms with van der Waals surface area (Å²) < 4.78 is 0. The van der Waals surface area contributed by atoms with Crippen LogP contribution in [0.5, 0.6) is 0 Å². The highest BCUT2D eigenvalue weighted by Gasteiger charge is 2.29. The maximum absolute atomic E-state index is 11.5. The lowest BCUT2D eigenvalue weighted by Crippen LogP contribution is -2.31. The highest BCUT2D eigenvalue weighted by molar-refractivity contribution is 5.95. The van der Waals surface area contributed by atoms with Crippen molar-refractivity contribution in [2.24, 2.45) is 0 Å². The molecule has 0 spiro atoms. The van der Waals surface area contributed by atoms with Crippen LogP contribution in [0.4, 0.5) is 5.82 Å². The Hall–Kier alpha value is -1.38. The summed E-state index contributed by atoms with van der Waals surface area (Å²) in [5.74, 6) is 0.962. The Kier molecular flexibility index (Phi) is 2.00. The van der Waals surface area contributed by atoms with Crippen molar-refractivity contribution < 1.29 is 4.79 Å². The van der Waals surface area contributed by atoms with Gasteiger partial charge in [-0.05, 0) is 25.5 Å². The van der Waals surface area contributed by atoms with Crippen LogP contribution in [0, 0.1) is 0 Å². The number of amides is 1. The Morgan fingerprint density at radius 1 is 1.54 bits per heavy atom. The molecule has 0 aliphatic carbocycles. The van der Waals surface area contributed by atoms with Crippen LogP contribution in [0.1, 0.15) is 19.8 Å². The van der Waals surface area contributed by atoms with Gasteiger partial charge >= 0.3 is 0 Å². The SMILES string of the molecule is CC1CCC(=O)N1c1ccccn1. The average molecular weight is 176 g/mol. The summed E-state index contributed by atoms with van der Waals surface area (Å²) >= 11 is 0. The molecule has 0 bridgehead atoms. The van der Waals surface area contributed by atoms with E-state index in [1.54, 1.807) is 11.1 Å². The molecule has 0 radical (unpaired) electrons. The van der Waals surface area contributed by atoms with Crippen LogP contribution in [0.25, 0.3) is 0 Å². The monoisotopic (exact) mass is 176 g/mol. The fourth-order valence-electron chi connectivity index (χ4n) is 1.68. The largest absolute Gasteiger partial charge is 0.294 e. The molecule has 0 aromatic carbocycles. The number of hydrogen-bond donors (Lipinski definition) is 0. The standard InChI is InChI=1S/C10H12N2O/c1-8-5-6-10(13)12(8)9-4-2-3-7-11-9/h2-4,7-8H,5-6H2,1H3. The van der Waals surface area contributed by atoms with Crippen LogP contribution in [0.2, 0.25) is 0 Å². The van der Waals surface area contributed by atoms with Crippen LogP contribution in [0.15, 0.2) is 24.4 Å². The van der Waals surface area contributed by atoms with Crippen LogP contribution >= 0.6 is 0 Å². The first-order valence-corrected chi connectivity index (χ1v) is 4.52. The molecule has 1 aromatic heterocycles. The van der Waals surface area contributed by atoms with E-state index in [0.717, 1.165) is 12.2 Å². The first kappa shape index (κ1) is 8.23. The molecule has 1 saturated heterocycles. The maximum Gasteiger partial charge on any atom is 0.228 e. The minimum atomic E-state index is 0.186. The number of anilines is 1. The zero-order valence-corrected chi connectivity index (χ0v) is 7.60. The van der Waals surface area contributed by atoms with Crippen molar-refractivity contribution in [1.29, 1.82) is 0 Å². The maximum atomic E-state index is 11.5. The normalized spacial score (nSPS) is 22.4. The summed E-state index contributed by atoms with van der Waals surface area (Å²) in [6, 6.07) is 5.93. The van der Waals surface area contributed by atoms with E-state index >= 15 is 0 Å². The van der Waals surface area contributed by atoms with Gasteiger partial charge in [-0.1, -0.05) is 6.07 Å². The number of hydrogen-bond acceptors (Lipinski definition) is 2. The average Bonchev–Trinajstić information content (AvgIpc) is 2.48. The quantitative estimate of drug-likeness (QED) is 0.651. The lowest BCUT2D eigenvalue weighted by molar-refractivity contribution is -0.117. The molecule has 0 saturated carbocycles. The second-order valence-electron chi connectivity index (χ2n) is 3.34. The van der Waals surface area contributed by atoms with E-state index < -0.39 is 0 Å². The van der Waals surface area contributed by atoms with E-state index in [2.05, 4.69) is 11.9 Å². The van der Waals surface area contributed by atoms with E-state index in [1.807, 2.05) is 18.2 Å². The molecule has 3 heteroatoms. The Labute approximate surface area is 77.4 Å². The summed E-state index contributed by atoms with van der Waals surface area (Å²) in [7, 11) is 0. The predicted octanol–water partition coefficient (Wildman–Crippen LogP) is 1.60. The van der Waals surface area contributed by atoms with Crippen molar-refractivity contribution in [3.63, 3.8) is 0 Å². The number of pyridine rings is 1. The zero-order chi connectivity index (χ0) is 9.26. The summed E-state index contributed by atoms with van der Waals surface area (Å²) in [6.07, 6.45) is 3.31. The number of carbonyl (C=O) groups is 1. The van der Waals surface area contributed by atoms with Crippen molar-refractivity contribution in [3.8, 4) is 0 Å². The molecule has 1 unspecified atom stereocenters. The Bertz CT molecular complexity index is 310. The minimum absolute atomic E-state index is 0.186. The van der Waals surface area contributed by atoms with E-state index in [4.69, 9.17) is 0 Å². The second-order valence-corrected chi connectivity index (χ2v) is 3.34. The van der Waals surface area contributed by atoms with Gasteiger partial charge in [0.05, 0.1) is 0 Å². The third kappa shape index (κ3) is 1.41. The molecule has 1 atom stereocenters. The third-order valence-electron chi connectivity index (χ3n) is 2.38. The number of aromatic nitrogens is 1. The van der Waals surface area contributed by atoms with Crippen LogP contribution < -0.4 is 4.90 Å². The van der Waals surface area contributed by atoms with Gasteiger partial charge in [0, 0.05) is 18.7 Å². The molecule has 1 amide bonds. The fraction of sp³-hybridized carbons (Fsp3) is 0.400. The minimum Gasteiger partial charge on any atom is -0.294 e. The smallest absolute Gasteiger partial charge is 0.228 e. The van der Waals surface area contributed by atoms with Gasteiger partial charge in [-0.2, -0.15) is 0 Å². The molecule has 2 rings (SSSR count). The summed E-state index contributed by atoms with van der Waals surface area (Å²) in [5, 5.41) is 0. The van der Waals surface area contributed by atoms with Crippen molar-refractivity contribution in [1.82, 2.24) is 4.98 Å². The molecule has 1 aliphatic heterocycles.